The number of likely N-dealkylation sites (tertiary alicyclic amines) is 1. The maximum absolute atomic E-state index is 11.3. The van der Waals surface area contributed by atoms with Gasteiger partial charge in [0.05, 0.1) is 0 Å². The van der Waals surface area contributed by atoms with Crippen LogP contribution in [0.4, 0.5) is 0 Å². The largest absolute Gasteiger partial charge is 0.300 e. The summed E-state index contributed by atoms with van der Waals surface area (Å²) >= 11 is 0. The number of carbonyl (C=O) groups excluding carboxylic acids is 1. The van der Waals surface area contributed by atoms with E-state index in [1.54, 1.807) is 0 Å². The molecule has 1 heterocycles. The summed E-state index contributed by atoms with van der Waals surface area (Å²) in [6.45, 7) is 1.31. The van der Waals surface area contributed by atoms with Gasteiger partial charge in [0.2, 0.25) is 0 Å². The van der Waals surface area contributed by atoms with Crippen molar-refractivity contribution < 1.29 is 4.79 Å². The van der Waals surface area contributed by atoms with Gasteiger partial charge in [0.25, 0.3) is 0 Å². The highest BCUT2D eigenvalue weighted by Crippen LogP contribution is 2.39. The van der Waals surface area contributed by atoms with Crippen LogP contribution in [0, 0.1) is 5.92 Å². The molecule has 2 aliphatic carbocycles. The molecule has 1 aliphatic heterocycles. The van der Waals surface area contributed by atoms with E-state index >= 15 is 0 Å². The molecule has 0 aromatic rings. The first kappa shape index (κ1) is 10.8. The third kappa shape index (κ3) is 1.92. The van der Waals surface area contributed by atoms with E-state index in [4.69, 9.17) is 0 Å². The average Bonchev–Trinajstić information content (AvgIpc) is 2.78. The Bertz CT molecular complexity index is 266. The molecule has 16 heavy (non-hydrogen) atoms. The SMILES string of the molecule is O=C1CCC(N2CCCC3CCCC32)CC1. The molecule has 2 atom stereocenters. The average molecular weight is 221 g/mol. The highest BCUT2D eigenvalue weighted by Gasteiger charge is 2.38. The van der Waals surface area contributed by atoms with Crippen molar-refractivity contribution in [2.75, 3.05) is 6.54 Å². The molecule has 0 aromatic carbocycles. The minimum absolute atomic E-state index is 0.497. The van der Waals surface area contributed by atoms with E-state index in [9.17, 15) is 4.79 Å². The summed E-state index contributed by atoms with van der Waals surface area (Å²) in [5, 5.41) is 0. The summed E-state index contributed by atoms with van der Waals surface area (Å²) in [5.41, 5.74) is 0. The molecule has 2 heteroatoms. The number of Topliss-reactive ketones (excluding diaryl/α,β-unsaturated/α-hetero) is 1. The van der Waals surface area contributed by atoms with Crippen LogP contribution >= 0.6 is 0 Å². The monoisotopic (exact) mass is 221 g/mol. The summed E-state index contributed by atoms with van der Waals surface area (Å²) in [7, 11) is 0. The molecule has 0 amide bonds. The molecular weight excluding hydrogens is 198 g/mol. The van der Waals surface area contributed by atoms with E-state index in [1.807, 2.05) is 0 Å². The molecule has 1 saturated heterocycles. The summed E-state index contributed by atoms with van der Waals surface area (Å²) in [6.07, 6.45) is 11.2. The number of carbonyl (C=O) groups is 1. The van der Waals surface area contributed by atoms with Crippen LogP contribution in [0.15, 0.2) is 0 Å². The third-order valence-electron chi connectivity index (χ3n) is 5.02. The molecule has 2 unspecified atom stereocenters. The van der Waals surface area contributed by atoms with Gasteiger partial charge in [-0.05, 0) is 51.0 Å². The van der Waals surface area contributed by atoms with Crippen LogP contribution in [0.2, 0.25) is 0 Å². The molecule has 0 spiro atoms. The Labute approximate surface area is 98.4 Å². The van der Waals surface area contributed by atoms with E-state index in [0.29, 0.717) is 5.78 Å². The Balaban J connectivity index is 1.66. The van der Waals surface area contributed by atoms with Gasteiger partial charge >= 0.3 is 0 Å². The molecule has 0 aromatic heterocycles. The number of piperidine rings is 1. The van der Waals surface area contributed by atoms with E-state index < -0.39 is 0 Å². The van der Waals surface area contributed by atoms with Crippen molar-refractivity contribution in [3.63, 3.8) is 0 Å². The fourth-order valence-electron chi connectivity index (χ4n) is 4.20. The zero-order valence-corrected chi connectivity index (χ0v) is 10.2. The Morgan fingerprint density at radius 1 is 0.938 bits per heavy atom. The van der Waals surface area contributed by atoms with Crippen molar-refractivity contribution in [1.29, 1.82) is 0 Å². The first-order chi connectivity index (χ1) is 7.84. The highest BCUT2D eigenvalue weighted by molar-refractivity contribution is 5.79. The van der Waals surface area contributed by atoms with Gasteiger partial charge in [-0.25, -0.2) is 0 Å². The van der Waals surface area contributed by atoms with Gasteiger partial charge in [-0.1, -0.05) is 6.42 Å². The number of rotatable bonds is 1. The number of fused-ring (bicyclic) bond motifs is 1. The maximum Gasteiger partial charge on any atom is 0.133 e. The van der Waals surface area contributed by atoms with Crippen molar-refractivity contribution in [3.8, 4) is 0 Å². The van der Waals surface area contributed by atoms with Crippen LogP contribution in [0.5, 0.6) is 0 Å². The predicted octanol–water partition coefficient (Wildman–Crippen LogP) is 2.76. The molecular formula is C14H23NO. The lowest BCUT2D eigenvalue weighted by Gasteiger charge is -2.44. The zero-order valence-electron chi connectivity index (χ0n) is 10.2. The first-order valence-electron chi connectivity index (χ1n) is 7.12. The van der Waals surface area contributed by atoms with E-state index in [-0.39, 0.29) is 0 Å². The molecule has 2 nitrogen and oxygen atoms in total. The fraction of sp³-hybridized carbons (Fsp3) is 0.929. The minimum atomic E-state index is 0.497. The minimum Gasteiger partial charge on any atom is -0.300 e. The van der Waals surface area contributed by atoms with Gasteiger partial charge in [-0.2, -0.15) is 0 Å². The van der Waals surface area contributed by atoms with Crippen molar-refractivity contribution in [2.45, 2.75) is 69.9 Å². The first-order valence-corrected chi connectivity index (χ1v) is 7.12. The van der Waals surface area contributed by atoms with Crippen LogP contribution < -0.4 is 0 Å². The molecule has 0 bridgehead atoms. The smallest absolute Gasteiger partial charge is 0.133 e. The Morgan fingerprint density at radius 2 is 1.69 bits per heavy atom. The quantitative estimate of drug-likeness (QED) is 0.678. The molecule has 3 fully saturated rings. The van der Waals surface area contributed by atoms with E-state index in [2.05, 4.69) is 4.90 Å². The lowest BCUT2D eigenvalue weighted by Crippen LogP contribution is -2.49. The van der Waals surface area contributed by atoms with Crippen LogP contribution in [0.1, 0.15) is 57.8 Å². The molecule has 90 valence electrons. The Kier molecular flexibility index (Phi) is 3.01. The Hall–Kier alpha value is -0.370. The van der Waals surface area contributed by atoms with E-state index in [0.717, 1.165) is 43.7 Å². The van der Waals surface area contributed by atoms with Gasteiger partial charge in [0, 0.05) is 24.9 Å². The maximum atomic E-state index is 11.3. The molecule has 0 radical (unpaired) electrons. The topological polar surface area (TPSA) is 20.3 Å². The summed E-state index contributed by atoms with van der Waals surface area (Å²) < 4.78 is 0. The summed E-state index contributed by atoms with van der Waals surface area (Å²) in [4.78, 5) is 14.1. The normalized spacial score (nSPS) is 37.6. The van der Waals surface area contributed by atoms with Crippen LogP contribution in [-0.4, -0.2) is 29.3 Å². The second-order valence-corrected chi connectivity index (χ2v) is 5.91. The number of ketones is 1. The predicted molar refractivity (Wildman–Crippen MR) is 64.3 cm³/mol. The van der Waals surface area contributed by atoms with Gasteiger partial charge in [0.1, 0.15) is 5.78 Å². The van der Waals surface area contributed by atoms with Crippen LogP contribution in [-0.2, 0) is 4.79 Å². The van der Waals surface area contributed by atoms with E-state index in [1.165, 1.54) is 38.6 Å². The van der Waals surface area contributed by atoms with Gasteiger partial charge in [0.15, 0.2) is 0 Å². The molecule has 0 N–H and O–H groups in total. The van der Waals surface area contributed by atoms with Gasteiger partial charge in [-0.3, -0.25) is 9.69 Å². The molecule has 3 aliphatic rings. The fourth-order valence-corrected chi connectivity index (χ4v) is 4.20. The van der Waals surface area contributed by atoms with Crippen LogP contribution in [0.3, 0.4) is 0 Å². The van der Waals surface area contributed by atoms with Crippen molar-refractivity contribution in [2.24, 2.45) is 5.92 Å². The van der Waals surface area contributed by atoms with Gasteiger partial charge < -0.3 is 0 Å². The van der Waals surface area contributed by atoms with Crippen LogP contribution in [0.25, 0.3) is 0 Å². The summed E-state index contributed by atoms with van der Waals surface area (Å²) in [6, 6.07) is 1.62. The summed E-state index contributed by atoms with van der Waals surface area (Å²) in [5.74, 6) is 1.49. The lowest BCUT2D eigenvalue weighted by atomic mass is 9.86. The number of nitrogens with zero attached hydrogens (tertiary/aromatic N) is 1. The second-order valence-electron chi connectivity index (χ2n) is 5.91. The van der Waals surface area contributed by atoms with Crippen molar-refractivity contribution >= 4 is 5.78 Å². The lowest BCUT2D eigenvalue weighted by molar-refractivity contribution is -0.121. The number of hydrogen-bond donors (Lipinski definition) is 0. The zero-order chi connectivity index (χ0) is 11.0. The van der Waals surface area contributed by atoms with Crippen molar-refractivity contribution in [3.05, 3.63) is 0 Å². The third-order valence-corrected chi connectivity index (χ3v) is 5.02. The van der Waals surface area contributed by atoms with Gasteiger partial charge in [-0.15, -0.1) is 0 Å². The standard InChI is InChI=1S/C14H23NO/c16-13-8-6-12(7-9-13)15-10-2-4-11-3-1-5-14(11)15/h11-12,14H,1-10H2. The second kappa shape index (κ2) is 4.48. The highest BCUT2D eigenvalue weighted by atomic mass is 16.1. The van der Waals surface area contributed by atoms with Crippen molar-refractivity contribution in [1.82, 2.24) is 4.90 Å². The molecule has 3 rings (SSSR count). The Morgan fingerprint density at radius 3 is 2.50 bits per heavy atom. The molecule has 2 saturated carbocycles. The number of hydrogen-bond acceptors (Lipinski definition) is 2.